The van der Waals surface area contributed by atoms with Crippen molar-refractivity contribution in [3.05, 3.63) is 199 Å². The molecule has 228 valence electrons. The summed E-state index contributed by atoms with van der Waals surface area (Å²) in [7, 11) is 0. The Kier molecular flexibility index (Phi) is 6.62. The summed E-state index contributed by atoms with van der Waals surface area (Å²) in [6.45, 7) is 8.17. The lowest BCUT2D eigenvalue weighted by atomic mass is 9.82. The molecule has 2 heterocycles. The Hall–Kier alpha value is -6.12. The fraction of sp³-hybridized carbons (Fsp3) is 0.0435. The number of hydrogen-bond acceptors (Lipinski definition) is 1. The number of aromatic nitrogens is 1. The first-order valence-corrected chi connectivity index (χ1v) is 16.6. The second-order valence-electron chi connectivity index (χ2n) is 12.7. The number of benzene rings is 6. The summed E-state index contributed by atoms with van der Waals surface area (Å²) >= 11 is 0. The Morgan fingerprint density at radius 2 is 1.29 bits per heavy atom. The summed E-state index contributed by atoms with van der Waals surface area (Å²) < 4.78 is 2.42. The summed E-state index contributed by atoms with van der Waals surface area (Å²) in [6, 6.07) is 55.1. The van der Waals surface area contributed by atoms with E-state index < -0.39 is 0 Å². The van der Waals surface area contributed by atoms with Gasteiger partial charge in [0.2, 0.25) is 0 Å². The second kappa shape index (κ2) is 11.3. The predicted octanol–water partition coefficient (Wildman–Crippen LogP) is 11.8. The number of allylic oxidation sites excluding steroid dienone is 2. The molecule has 0 radical (unpaired) electrons. The van der Waals surface area contributed by atoms with Crippen molar-refractivity contribution in [1.29, 1.82) is 0 Å². The van der Waals surface area contributed by atoms with Gasteiger partial charge in [-0.2, -0.15) is 0 Å². The van der Waals surface area contributed by atoms with E-state index in [0.717, 1.165) is 16.8 Å². The van der Waals surface area contributed by atoms with Crippen molar-refractivity contribution in [2.24, 2.45) is 0 Å². The van der Waals surface area contributed by atoms with Crippen molar-refractivity contribution >= 4 is 33.9 Å². The average Bonchev–Trinajstić information content (AvgIpc) is 3.68. The zero-order valence-electron chi connectivity index (χ0n) is 26.6. The van der Waals surface area contributed by atoms with Gasteiger partial charge in [0.1, 0.15) is 0 Å². The van der Waals surface area contributed by atoms with Crippen LogP contribution in [0.15, 0.2) is 177 Å². The number of nitrogens with zero attached hydrogens (tertiary/aromatic N) is 2. The molecule has 0 saturated heterocycles. The van der Waals surface area contributed by atoms with Crippen molar-refractivity contribution in [2.45, 2.75) is 12.0 Å². The Morgan fingerprint density at radius 3 is 2.10 bits per heavy atom. The number of para-hydroxylation sites is 2. The maximum absolute atomic E-state index is 4.21. The normalized spacial score (nSPS) is 16.0. The molecular formula is C46H34N2. The molecule has 1 aliphatic carbocycles. The molecule has 48 heavy (non-hydrogen) atoms. The van der Waals surface area contributed by atoms with E-state index in [1.54, 1.807) is 0 Å². The van der Waals surface area contributed by atoms with Crippen molar-refractivity contribution in [1.82, 2.24) is 4.57 Å². The van der Waals surface area contributed by atoms with Gasteiger partial charge >= 0.3 is 0 Å². The maximum atomic E-state index is 4.21. The molecule has 0 saturated carbocycles. The van der Waals surface area contributed by atoms with E-state index in [2.05, 4.69) is 186 Å². The van der Waals surface area contributed by atoms with Gasteiger partial charge in [0, 0.05) is 28.4 Å². The SMILES string of the molecule is C=CC(=C)c1cccc(-n2c3c(c4ccccc42)C2c4ccccc4N(c4ccc(-c5cccc(-c6ccccc6)c5)cc4)C2C=C3)c1. The minimum Gasteiger partial charge on any atom is -0.333 e. The summed E-state index contributed by atoms with van der Waals surface area (Å²) in [5.41, 5.74) is 15.7. The molecule has 1 aliphatic heterocycles. The number of hydrogen-bond donors (Lipinski definition) is 0. The van der Waals surface area contributed by atoms with Gasteiger partial charge in [0.25, 0.3) is 0 Å². The highest BCUT2D eigenvalue weighted by Gasteiger charge is 2.43. The first kappa shape index (κ1) is 28.1. The molecular weight excluding hydrogens is 581 g/mol. The molecule has 1 aromatic heterocycles. The molecule has 7 aromatic rings. The van der Waals surface area contributed by atoms with Gasteiger partial charge in [-0.25, -0.2) is 0 Å². The third-order valence-electron chi connectivity index (χ3n) is 10.1. The van der Waals surface area contributed by atoms with E-state index in [0.29, 0.717) is 0 Å². The topological polar surface area (TPSA) is 8.17 Å². The molecule has 0 amide bonds. The number of fused-ring (bicyclic) bond motifs is 7. The van der Waals surface area contributed by atoms with E-state index in [4.69, 9.17) is 0 Å². The first-order chi connectivity index (χ1) is 23.7. The van der Waals surface area contributed by atoms with Crippen molar-refractivity contribution in [3.8, 4) is 27.9 Å². The highest BCUT2D eigenvalue weighted by Crippen LogP contribution is 2.54. The average molecular weight is 615 g/mol. The third-order valence-corrected chi connectivity index (χ3v) is 10.1. The van der Waals surface area contributed by atoms with Crippen molar-refractivity contribution < 1.29 is 0 Å². The van der Waals surface area contributed by atoms with E-state index in [1.165, 1.54) is 61.4 Å². The van der Waals surface area contributed by atoms with Gasteiger partial charge in [0.15, 0.2) is 0 Å². The van der Waals surface area contributed by atoms with Gasteiger partial charge in [0.05, 0.1) is 17.3 Å². The van der Waals surface area contributed by atoms with Crippen LogP contribution in [-0.4, -0.2) is 10.6 Å². The van der Waals surface area contributed by atoms with Gasteiger partial charge in [-0.1, -0.05) is 135 Å². The van der Waals surface area contributed by atoms with Crippen LogP contribution in [0.25, 0.3) is 50.5 Å². The molecule has 0 fully saturated rings. The zero-order valence-corrected chi connectivity index (χ0v) is 26.6. The third kappa shape index (κ3) is 4.41. The van der Waals surface area contributed by atoms with Crippen LogP contribution < -0.4 is 4.90 Å². The summed E-state index contributed by atoms with van der Waals surface area (Å²) in [5.74, 6) is 0.195. The maximum Gasteiger partial charge on any atom is 0.0637 e. The smallest absolute Gasteiger partial charge is 0.0637 e. The van der Waals surface area contributed by atoms with E-state index in [1.807, 2.05) is 6.08 Å². The minimum absolute atomic E-state index is 0.160. The fourth-order valence-electron chi connectivity index (χ4n) is 7.83. The van der Waals surface area contributed by atoms with Crippen LogP contribution in [0.2, 0.25) is 0 Å². The minimum atomic E-state index is 0.160. The van der Waals surface area contributed by atoms with Crippen molar-refractivity contribution in [2.75, 3.05) is 4.90 Å². The second-order valence-corrected chi connectivity index (χ2v) is 12.7. The highest BCUT2D eigenvalue weighted by atomic mass is 15.2. The largest absolute Gasteiger partial charge is 0.333 e. The van der Waals surface area contributed by atoms with Crippen LogP contribution in [0.3, 0.4) is 0 Å². The van der Waals surface area contributed by atoms with Crippen molar-refractivity contribution in [3.63, 3.8) is 0 Å². The molecule has 0 spiro atoms. The van der Waals surface area contributed by atoms with Crippen LogP contribution in [0.1, 0.15) is 28.3 Å². The number of anilines is 2. The Labute approximate surface area is 281 Å². The monoisotopic (exact) mass is 614 g/mol. The zero-order chi connectivity index (χ0) is 32.2. The van der Waals surface area contributed by atoms with Gasteiger partial charge in [-0.15, -0.1) is 0 Å². The molecule has 2 aliphatic rings. The number of rotatable bonds is 6. The summed E-state index contributed by atoms with van der Waals surface area (Å²) in [5, 5.41) is 1.30. The Balaban J connectivity index is 1.14. The van der Waals surface area contributed by atoms with Crippen LogP contribution in [-0.2, 0) is 0 Å². The van der Waals surface area contributed by atoms with Gasteiger partial charge < -0.3 is 9.47 Å². The molecule has 9 rings (SSSR count). The van der Waals surface area contributed by atoms with E-state index in [9.17, 15) is 0 Å². The van der Waals surface area contributed by atoms with Crippen LogP contribution in [0.4, 0.5) is 11.4 Å². The van der Waals surface area contributed by atoms with Crippen LogP contribution in [0, 0.1) is 0 Å². The van der Waals surface area contributed by atoms with E-state index in [-0.39, 0.29) is 12.0 Å². The fourth-order valence-corrected chi connectivity index (χ4v) is 7.83. The molecule has 2 heteroatoms. The first-order valence-electron chi connectivity index (χ1n) is 16.6. The highest BCUT2D eigenvalue weighted by molar-refractivity contribution is 5.94. The lowest BCUT2D eigenvalue weighted by molar-refractivity contribution is 0.725. The van der Waals surface area contributed by atoms with Crippen LogP contribution >= 0.6 is 0 Å². The van der Waals surface area contributed by atoms with Gasteiger partial charge in [-0.05, 0) is 93.1 Å². The predicted molar refractivity (Wildman–Crippen MR) is 203 cm³/mol. The quantitative estimate of drug-likeness (QED) is 0.169. The molecule has 0 bridgehead atoms. The standard InChI is InChI=1S/C46H34N2/c1-3-31(2)34-15-12-18-38(30-34)48-42-22-10-8-20-40(42)46-44(48)28-27-43-45(46)39-19-7-9-21-41(39)47(43)37-25-23-33(24-26-37)36-17-11-16-35(29-36)32-13-5-4-6-14-32/h3-30,43,45H,1-2H2. The van der Waals surface area contributed by atoms with E-state index >= 15 is 0 Å². The van der Waals surface area contributed by atoms with Gasteiger partial charge in [-0.3, -0.25) is 0 Å². The van der Waals surface area contributed by atoms with Crippen LogP contribution in [0.5, 0.6) is 0 Å². The molecule has 2 unspecified atom stereocenters. The lowest BCUT2D eigenvalue weighted by Gasteiger charge is -2.31. The molecule has 2 atom stereocenters. The molecule has 0 N–H and O–H groups in total. The summed E-state index contributed by atoms with van der Waals surface area (Å²) in [4.78, 5) is 2.53. The molecule has 6 aromatic carbocycles. The summed E-state index contributed by atoms with van der Waals surface area (Å²) in [6.07, 6.45) is 6.57. The Bertz CT molecular complexity index is 2390. The molecule has 2 nitrogen and oxygen atoms in total. The lowest BCUT2D eigenvalue weighted by Crippen LogP contribution is -2.30. The Morgan fingerprint density at radius 1 is 0.604 bits per heavy atom.